The molecule has 0 saturated carbocycles. The molecule has 6 heteroatoms. The van der Waals surface area contributed by atoms with Gasteiger partial charge in [-0.25, -0.2) is 4.18 Å². The lowest BCUT2D eigenvalue weighted by Gasteiger charge is -2.09. The quantitative estimate of drug-likeness (QED) is 0.648. The minimum absolute atomic E-state index is 0.217. The summed E-state index contributed by atoms with van der Waals surface area (Å²) < 4.78 is 25.8. The average Bonchev–Trinajstić information content (AvgIpc) is 2.14. The number of benzene rings is 1. The van der Waals surface area contributed by atoms with Gasteiger partial charge in [0.25, 0.3) is 10.1 Å². The molecule has 0 amide bonds. The zero-order chi connectivity index (χ0) is 12.2. The molecule has 0 aliphatic carbocycles. The zero-order valence-electron chi connectivity index (χ0n) is 8.76. The molecule has 4 nitrogen and oxygen atoms in total. The second-order valence-electron chi connectivity index (χ2n) is 3.42. The van der Waals surface area contributed by atoms with Crippen molar-refractivity contribution in [3.05, 3.63) is 34.9 Å². The summed E-state index contributed by atoms with van der Waals surface area (Å²) in [4.78, 5) is 0. The minimum atomic E-state index is -3.61. The normalized spacial score (nSPS) is 13.7. The highest BCUT2D eigenvalue weighted by Crippen LogP contribution is 2.12. The Labute approximate surface area is 99.9 Å². The van der Waals surface area contributed by atoms with Gasteiger partial charge >= 0.3 is 0 Å². The average molecular weight is 265 g/mol. The lowest BCUT2D eigenvalue weighted by molar-refractivity contribution is -0.0165. The monoisotopic (exact) mass is 264 g/mol. The van der Waals surface area contributed by atoms with Crippen molar-refractivity contribution in [2.75, 3.05) is 6.26 Å². The van der Waals surface area contributed by atoms with E-state index in [1.165, 1.54) is 0 Å². The van der Waals surface area contributed by atoms with Crippen LogP contribution in [-0.2, 0) is 20.7 Å². The van der Waals surface area contributed by atoms with E-state index in [1.807, 2.05) is 12.1 Å². The largest absolute Gasteiger partial charge is 0.367 e. The van der Waals surface area contributed by atoms with Gasteiger partial charge in [-0.1, -0.05) is 23.7 Å². The van der Waals surface area contributed by atoms with Gasteiger partial charge in [0.1, 0.15) is 0 Å². The van der Waals surface area contributed by atoms with Crippen LogP contribution in [0.5, 0.6) is 0 Å². The van der Waals surface area contributed by atoms with Gasteiger partial charge in [-0.2, -0.15) is 8.42 Å². The molecule has 1 unspecified atom stereocenters. The van der Waals surface area contributed by atoms with Crippen molar-refractivity contribution in [3.8, 4) is 0 Å². The van der Waals surface area contributed by atoms with Crippen LogP contribution in [0.2, 0.25) is 5.02 Å². The Balaban J connectivity index is 2.43. The van der Waals surface area contributed by atoms with Gasteiger partial charge in [-0.3, -0.25) is 0 Å². The van der Waals surface area contributed by atoms with Crippen LogP contribution in [0.3, 0.4) is 0 Å². The predicted octanol–water partition coefficient (Wildman–Crippen LogP) is 1.57. The Hall–Kier alpha value is -0.620. The summed E-state index contributed by atoms with van der Waals surface area (Å²) in [6.07, 6.45) is 0.340. The molecular weight excluding hydrogens is 252 g/mol. The minimum Gasteiger partial charge on any atom is -0.367 e. The van der Waals surface area contributed by atoms with E-state index >= 15 is 0 Å². The summed E-state index contributed by atoms with van der Waals surface area (Å²) in [5.74, 6) is 0. The number of hydrogen-bond donors (Lipinski definition) is 1. The smallest absolute Gasteiger partial charge is 0.266 e. The Morgan fingerprint density at radius 3 is 2.44 bits per heavy atom. The molecule has 16 heavy (non-hydrogen) atoms. The van der Waals surface area contributed by atoms with E-state index in [0.29, 0.717) is 11.4 Å². The third-order valence-corrected chi connectivity index (χ3v) is 2.70. The van der Waals surface area contributed by atoms with Crippen molar-refractivity contribution in [2.24, 2.45) is 0 Å². The van der Waals surface area contributed by atoms with E-state index < -0.39 is 16.4 Å². The third-order valence-electron chi connectivity index (χ3n) is 1.88. The first kappa shape index (κ1) is 13.4. The molecule has 0 bridgehead atoms. The number of rotatable bonds is 5. The summed E-state index contributed by atoms with van der Waals surface area (Å²) in [5.41, 5.74) is 0.959. The summed E-state index contributed by atoms with van der Waals surface area (Å²) in [7, 11) is -3.61. The number of aliphatic hydroxyl groups excluding tert-OH is 1. The summed E-state index contributed by atoms with van der Waals surface area (Å²) >= 11 is 5.71. The molecule has 1 aromatic rings. The topological polar surface area (TPSA) is 63.6 Å². The first-order valence-corrected chi connectivity index (χ1v) is 6.87. The first-order chi connectivity index (χ1) is 7.37. The lowest BCUT2D eigenvalue weighted by Crippen LogP contribution is -2.17. The fourth-order valence-electron chi connectivity index (χ4n) is 1.19. The second kappa shape index (κ2) is 5.63. The maximum absolute atomic E-state index is 10.7. The molecule has 0 heterocycles. The highest BCUT2D eigenvalue weighted by molar-refractivity contribution is 7.86. The Morgan fingerprint density at radius 2 is 1.94 bits per heavy atom. The van der Waals surface area contributed by atoms with Gasteiger partial charge in [0, 0.05) is 11.4 Å². The van der Waals surface area contributed by atoms with Gasteiger partial charge in [0.05, 0.1) is 6.26 Å². The van der Waals surface area contributed by atoms with E-state index in [9.17, 15) is 13.5 Å². The van der Waals surface area contributed by atoms with E-state index in [4.69, 9.17) is 11.6 Å². The number of aryl methyl sites for hydroxylation is 1. The van der Waals surface area contributed by atoms with Crippen LogP contribution in [-0.4, -0.2) is 26.1 Å². The van der Waals surface area contributed by atoms with Crippen molar-refractivity contribution in [1.82, 2.24) is 0 Å². The Kier molecular flexibility index (Phi) is 4.73. The molecule has 1 aromatic carbocycles. The van der Waals surface area contributed by atoms with Crippen LogP contribution in [0.4, 0.5) is 0 Å². The van der Waals surface area contributed by atoms with Crippen LogP contribution in [0.15, 0.2) is 24.3 Å². The zero-order valence-corrected chi connectivity index (χ0v) is 10.3. The van der Waals surface area contributed by atoms with Gasteiger partial charge in [0.2, 0.25) is 0 Å². The Bertz CT molecular complexity index is 427. The van der Waals surface area contributed by atoms with E-state index in [1.54, 1.807) is 12.1 Å². The van der Waals surface area contributed by atoms with E-state index in [2.05, 4.69) is 4.18 Å². The van der Waals surface area contributed by atoms with E-state index in [0.717, 1.165) is 11.8 Å². The molecule has 1 atom stereocenters. The van der Waals surface area contributed by atoms with Crippen LogP contribution in [0.25, 0.3) is 0 Å². The van der Waals surface area contributed by atoms with Crippen LogP contribution < -0.4 is 0 Å². The second-order valence-corrected chi connectivity index (χ2v) is 5.46. The summed E-state index contributed by atoms with van der Waals surface area (Å²) in [5, 5.41) is 9.91. The van der Waals surface area contributed by atoms with Crippen molar-refractivity contribution in [3.63, 3.8) is 0 Å². The molecule has 0 aliphatic heterocycles. The van der Waals surface area contributed by atoms with Gasteiger partial charge < -0.3 is 5.11 Å². The molecule has 0 spiro atoms. The SMILES string of the molecule is CS(=O)(=O)OC(O)CCc1ccc(Cl)cc1. The van der Waals surface area contributed by atoms with Crippen LogP contribution in [0, 0.1) is 0 Å². The molecule has 0 aromatic heterocycles. The van der Waals surface area contributed by atoms with Gasteiger partial charge in [-0.05, 0) is 24.1 Å². The maximum Gasteiger partial charge on any atom is 0.266 e. The molecule has 0 aliphatic rings. The first-order valence-electron chi connectivity index (χ1n) is 4.67. The van der Waals surface area contributed by atoms with Crippen molar-refractivity contribution >= 4 is 21.7 Å². The molecular formula is C10H13ClO4S. The number of aliphatic hydroxyl groups is 1. The molecule has 90 valence electrons. The fraction of sp³-hybridized carbons (Fsp3) is 0.400. The third kappa shape index (κ3) is 5.46. The molecule has 0 radical (unpaired) electrons. The van der Waals surface area contributed by atoms with E-state index in [-0.39, 0.29) is 6.42 Å². The summed E-state index contributed by atoms with van der Waals surface area (Å²) in [6.45, 7) is 0. The maximum atomic E-state index is 10.7. The number of hydrogen-bond acceptors (Lipinski definition) is 4. The summed E-state index contributed by atoms with van der Waals surface area (Å²) in [6, 6.07) is 7.10. The van der Waals surface area contributed by atoms with Gasteiger partial charge in [0.15, 0.2) is 6.29 Å². The molecule has 0 fully saturated rings. The van der Waals surface area contributed by atoms with Crippen molar-refractivity contribution in [2.45, 2.75) is 19.1 Å². The standard InChI is InChI=1S/C10H13ClO4S/c1-16(13,14)15-10(12)7-4-8-2-5-9(11)6-3-8/h2-3,5-6,10,12H,4,7H2,1H3. The lowest BCUT2D eigenvalue weighted by atomic mass is 10.1. The molecule has 1 rings (SSSR count). The molecule has 1 N–H and O–H groups in total. The number of halogens is 1. The predicted molar refractivity (Wildman–Crippen MR) is 61.7 cm³/mol. The highest BCUT2D eigenvalue weighted by Gasteiger charge is 2.11. The molecule has 0 saturated heterocycles. The van der Waals surface area contributed by atoms with Crippen molar-refractivity contribution < 1.29 is 17.7 Å². The van der Waals surface area contributed by atoms with Crippen LogP contribution in [0.1, 0.15) is 12.0 Å². The Morgan fingerprint density at radius 1 is 1.38 bits per heavy atom. The van der Waals surface area contributed by atoms with Crippen molar-refractivity contribution in [1.29, 1.82) is 0 Å². The fourth-order valence-corrected chi connectivity index (χ4v) is 1.82. The highest BCUT2D eigenvalue weighted by atomic mass is 35.5. The van der Waals surface area contributed by atoms with Crippen LogP contribution >= 0.6 is 11.6 Å². The van der Waals surface area contributed by atoms with Gasteiger partial charge in [-0.15, -0.1) is 0 Å².